The van der Waals surface area contributed by atoms with Crippen LogP contribution < -0.4 is 5.32 Å². The van der Waals surface area contributed by atoms with Crippen LogP contribution in [0.4, 0.5) is 4.39 Å². The van der Waals surface area contributed by atoms with Crippen LogP contribution in [0, 0.1) is 5.82 Å². The second-order valence-corrected chi connectivity index (χ2v) is 4.51. The molecule has 0 aliphatic heterocycles. The van der Waals surface area contributed by atoms with Crippen molar-refractivity contribution in [3.8, 4) is 0 Å². The van der Waals surface area contributed by atoms with Gasteiger partial charge in [-0.2, -0.15) is 0 Å². The lowest BCUT2D eigenvalue weighted by Crippen LogP contribution is -2.32. The Hall–Kier alpha value is -0.580. The van der Waals surface area contributed by atoms with Crippen LogP contribution in [0.2, 0.25) is 0 Å². The van der Waals surface area contributed by atoms with Crippen molar-refractivity contribution in [3.05, 3.63) is 30.1 Å². The van der Waals surface area contributed by atoms with Gasteiger partial charge in [-0.1, -0.05) is 6.07 Å². The first-order chi connectivity index (χ1) is 7.76. The Morgan fingerprint density at radius 3 is 2.94 bits per heavy atom. The maximum atomic E-state index is 12.9. The third kappa shape index (κ3) is 4.96. The van der Waals surface area contributed by atoms with Gasteiger partial charge in [0, 0.05) is 23.3 Å². The molecule has 0 heterocycles. The fourth-order valence-corrected chi connectivity index (χ4v) is 2.26. The second kappa shape index (κ2) is 7.65. The summed E-state index contributed by atoms with van der Waals surface area (Å²) in [6.45, 7) is 3.39. The molecule has 0 bridgehead atoms. The largest absolute Gasteiger partial charge is 0.380 e. The van der Waals surface area contributed by atoms with E-state index in [2.05, 4.69) is 5.32 Å². The summed E-state index contributed by atoms with van der Waals surface area (Å²) in [5.74, 6) is 0.691. The zero-order chi connectivity index (χ0) is 11.8. The summed E-state index contributed by atoms with van der Waals surface area (Å²) in [4.78, 5) is 0.955. The summed E-state index contributed by atoms with van der Waals surface area (Å²) < 4.78 is 18.3. The van der Waals surface area contributed by atoms with Crippen LogP contribution in [0.5, 0.6) is 0 Å². The van der Waals surface area contributed by atoms with Crippen LogP contribution in [0.25, 0.3) is 0 Å². The molecule has 0 spiro atoms. The highest BCUT2D eigenvalue weighted by molar-refractivity contribution is 7.99. The predicted octanol–water partition coefficient (Wildman–Crippen LogP) is 2.54. The molecule has 0 amide bonds. The number of hydrogen-bond acceptors (Lipinski definition) is 3. The molecule has 90 valence electrons. The Morgan fingerprint density at radius 1 is 1.50 bits per heavy atom. The molecule has 1 atom stereocenters. The van der Waals surface area contributed by atoms with Crippen LogP contribution in [0.3, 0.4) is 0 Å². The maximum absolute atomic E-state index is 12.9. The molecule has 0 aromatic heterocycles. The molecule has 0 saturated carbocycles. The van der Waals surface area contributed by atoms with Crippen LogP contribution in [-0.2, 0) is 4.74 Å². The molecule has 2 nitrogen and oxygen atoms in total. The molecular formula is C12H18FNOS. The van der Waals surface area contributed by atoms with E-state index in [1.807, 2.05) is 20.0 Å². The average molecular weight is 243 g/mol. The van der Waals surface area contributed by atoms with Gasteiger partial charge >= 0.3 is 0 Å². The summed E-state index contributed by atoms with van der Waals surface area (Å²) in [7, 11) is 1.91. The van der Waals surface area contributed by atoms with Gasteiger partial charge in [0.2, 0.25) is 0 Å². The average Bonchev–Trinajstić information content (AvgIpc) is 2.29. The summed E-state index contributed by atoms with van der Waals surface area (Å²) >= 11 is 1.64. The highest BCUT2D eigenvalue weighted by Crippen LogP contribution is 2.19. The minimum Gasteiger partial charge on any atom is -0.380 e. The van der Waals surface area contributed by atoms with Gasteiger partial charge in [0.25, 0.3) is 0 Å². The monoisotopic (exact) mass is 243 g/mol. The Bertz CT molecular complexity index is 309. The number of ether oxygens (including phenoxy) is 1. The Morgan fingerprint density at radius 2 is 2.31 bits per heavy atom. The normalized spacial score (nSPS) is 12.7. The summed E-state index contributed by atoms with van der Waals surface area (Å²) in [6.07, 6.45) is 0. The van der Waals surface area contributed by atoms with Crippen molar-refractivity contribution in [1.29, 1.82) is 0 Å². The van der Waals surface area contributed by atoms with E-state index in [1.165, 1.54) is 6.07 Å². The molecule has 1 N–H and O–H groups in total. The molecule has 4 heteroatoms. The lowest BCUT2D eigenvalue weighted by molar-refractivity contribution is 0.131. The fourth-order valence-electron chi connectivity index (χ4n) is 1.23. The number of halogens is 1. The highest BCUT2D eigenvalue weighted by atomic mass is 32.2. The molecule has 1 unspecified atom stereocenters. The molecular weight excluding hydrogens is 225 g/mol. The topological polar surface area (TPSA) is 21.3 Å². The van der Waals surface area contributed by atoms with Gasteiger partial charge in [-0.15, -0.1) is 11.8 Å². The van der Waals surface area contributed by atoms with Gasteiger partial charge in [0.1, 0.15) is 5.82 Å². The highest BCUT2D eigenvalue weighted by Gasteiger charge is 2.06. The van der Waals surface area contributed by atoms with Crippen LogP contribution in [0.15, 0.2) is 29.2 Å². The third-order valence-electron chi connectivity index (χ3n) is 2.18. The third-order valence-corrected chi connectivity index (χ3v) is 3.33. The van der Waals surface area contributed by atoms with E-state index >= 15 is 0 Å². The summed E-state index contributed by atoms with van der Waals surface area (Å²) in [5, 5.41) is 3.18. The Labute approximate surface area is 101 Å². The second-order valence-electron chi connectivity index (χ2n) is 3.41. The lowest BCUT2D eigenvalue weighted by atomic mass is 10.3. The Kier molecular flexibility index (Phi) is 6.45. The Balaban J connectivity index is 2.37. The standard InChI is InChI=1S/C12H18FNOS/c1-3-15-8-11(14-2)9-16-12-6-4-5-10(13)7-12/h4-7,11,14H,3,8-9H2,1-2H3. The minimum absolute atomic E-state index is 0.184. The first-order valence-electron chi connectivity index (χ1n) is 5.39. The SMILES string of the molecule is CCOCC(CSc1cccc(F)c1)NC. The minimum atomic E-state index is -0.184. The number of benzene rings is 1. The first kappa shape index (κ1) is 13.5. The van der Waals surface area contributed by atoms with E-state index in [1.54, 1.807) is 23.9 Å². The first-order valence-corrected chi connectivity index (χ1v) is 6.38. The van der Waals surface area contributed by atoms with E-state index in [-0.39, 0.29) is 5.82 Å². The van der Waals surface area contributed by atoms with Gasteiger partial charge in [-0.05, 0) is 32.2 Å². The molecule has 1 rings (SSSR count). The number of rotatable bonds is 7. The van der Waals surface area contributed by atoms with Crippen molar-refractivity contribution in [2.45, 2.75) is 17.9 Å². The maximum Gasteiger partial charge on any atom is 0.124 e. The summed E-state index contributed by atoms with van der Waals surface area (Å²) in [5.41, 5.74) is 0. The zero-order valence-corrected chi connectivity index (χ0v) is 10.5. The number of nitrogens with one attached hydrogen (secondary N) is 1. The zero-order valence-electron chi connectivity index (χ0n) is 9.70. The summed E-state index contributed by atoms with van der Waals surface area (Å²) in [6, 6.07) is 6.96. The molecule has 0 aliphatic carbocycles. The predicted molar refractivity (Wildman–Crippen MR) is 66.5 cm³/mol. The van der Waals surface area contributed by atoms with E-state index in [4.69, 9.17) is 4.74 Å². The van der Waals surface area contributed by atoms with Gasteiger partial charge in [-0.25, -0.2) is 4.39 Å². The van der Waals surface area contributed by atoms with Gasteiger partial charge in [-0.3, -0.25) is 0 Å². The van der Waals surface area contributed by atoms with E-state index in [0.29, 0.717) is 12.6 Å². The van der Waals surface area contributed by atoms with Crippen molar-refractivity contribution < 1.29 is 9.13 Å². The molecule has 0 fully saturated rings. The molecule has 16 heavy (non-hydrogen) atoms. The molecule has 1 aromatic carbocycles. The van der Waals surface area contributed by atoms with Crippen LogP contribution in [0.1, 0.15) is 6.92 Å². The molecule has 1 aromatic rings. The molecule has 0 radical (unpaired) electrons. The van der Waals surface area contributed by atoms with Crippen molar-refractivity contribution >= 4 is 11.8 Å². The smallest absolute Gasteiger partial charge is 0.124 e. The van der Waals surface area contributed by atoms with Crippen molar-refractivity contribution in [1.82, 2.24) is 5.32 Å². The van der Waals surface area contributed by atoms with Crippen molar-refractivity contribution in [2.75, 3.05) is 26.0 Å². The number of hydrogen-bond donors (Lipinski definition) is 1. The molecule has 0 saturated heterocycles. The quantitative estimate of drug-likeness (QED) is 0.744. The number of thioether (sulfide) groups is 1. The van der Waals surface area contributed by atoms with Gasteiger partial charge in [0.05, 0.1) is 6.61 Å². The van der Waals surface area contributed by atoms with E-state index in [9.17, 15) is 4.39 Å². The molecule has 0 aliphatic rings. The van der Waals surface area contributed by atoms with Gasteiger partial charge in [0.15, 0.2) is 0 Å². The van der Waals surface area contributed by atoms with E-state index < -0.39 is 0 Å². The fraction of sp³-hybridized carbons (Fsp3) is 0.500. The van der Waals surface area contributed by atoms with Crippen LogP contribution in [-0.4, -0.2) is 32.1 Å². The number of likely N-dealkylation sites (N-methyl/N-ethyl adjacent to an activating group) is 1. The lowest BCUT2D eigenvalue weighted by Gasteiger charge is -2.15. The van der Waals surface area contributed by atoms with Crippen molar-refractivity contribution in [3.63, 3.8) is 0 Å². The van der Waals surface area contributed by atoms with Gasteiger partial charge < -0.3 is 10.1 Å². The van der Waals surface area contributed by atoms with Crippen molar-refractivity contribution in [2.24, 2.45) is 0 Å². The van der Waals surface area contributed by atoms with Crippen LogP contribution >= 0.6 is 11.8 Å². The van der Waals surface area contributed by atoms with E-state index in [0.717, 1.165) is 17.3 Å².